The third-order valence-electron chi connectivity index (χ3n) is 3.30. The second kappa shape index (κ2) is 7.01. The zero-order valence-corrected chi connectivity index (χ0v) is 12.7. The monoisotopic (exact) mass is 326 g/mol. The number of hydrogen-bond donors (Lipinski definition) is 0. The topological polar surface area (TPSA) is 42.4 Å². The number of pyridine rings is 1. The first-order valence-corrected chi connectivity index (χ1v) is 7.47. The van der Waals surface area contributed by atoms with Crippen LogP contribution < -0.4 is 0 Å². The summed E-state index contributed by atoms with van der Waals surface area (Å²) in [7, 11) is 0. The van der Waals surface area contributed by atoms with E-state index in [4.69, 9.17) is 4.74 Å². The molecule has 0 aliphatic carbocycles. The smallest absolute Gasteiger partial charge is 0.310 e. The van der Waals surface area contributed by atoms with E-state index in [1.807, 2.05) is 25.3 Å². The van der Waals surface area contributed by atoms with E-state index in [1.54, 1.807) is 0 Å². The van der Waals surface area contributed by atoms with Crippen LogP contribution in [0.25, 0.3) is 0 Å². The third kappa shape index (κ3) is 4.28. The van der Waals surface area contributed by atoms with Crippen molar-refractivity contribution in [1.82, 2.24) is 9.88 Å². The van der Waals surface area contributed by atoms with Crippen LogP contribution in [-0.2, 0) is 16.1 Å². The van der Waals surface area contributed by atoms with E-state index in [0.29, 0.717) is 6.61 Å². The predicted molar refractivity (Wildman–Crippen MR) is 76.6 cm³/mol. The van der Waals surface area contributed by atoms with Gasteiger partial charge in [-0.3, -0.25) is 14.7 Å². The van der Waals surface area contributed by atoms with Crippen LogP contribution in [0, 0.1) is 5.92 Å². The minimum atomic E-state index is -0.0593. The predicted octanol–water partition coefficient (Wildman–Crippen LogP) is 2.62. The summed E-state index contributed by atoms with van der Waals surface area (Å²) in [5, 5.41) is 0. The summed E-state index contributed by atoms with van der Waals surface area (Å²) in [5.41, 5.74) is 1.03. The molecule has 2 heterocycles. The van der Waals surface area contributed by atoms with Crippen molar-refractivity contribution >= 4 is 21.9 Å². The molecule has 1 unspecified atom stereocenters. The van der Waals surface area contributed by atoms with Gasteiger partial charge in [-0.1, -0.05) is 0 Å². The van der Waals surface area contributed by atoms with Gasteiger partial charge in [-0.2, -0.15) is 0 Å². The summed E-state index contributed by atoms with van der Waals surface area (Å²) in [6, 6.07) is 4.01. The number of esters is 1. The molecule has 1 aliphatic rings. The molecule has 0 spiro atoms. The van der Waals surface area contributed by atoms with Crippen molar-refractivity contribution in [2.45, 2.75) is 26.3 Å². The second-order valence-corrected chi connectivity index (χ2v) is 5.71. The molecule has 104 valence electrons. The fourth-order valence-corrected chi connectivity index (χ4v) is 2.62. The van der Waals surface area contributed by atoms with Crippen molar-refractivity contribution in [3.8, 4) is 0 Å². The van der Waals surface area contributed by atoms with Crippen LogP contribution in [0.5, 0.6) is 0 Å². The molecular weight excluding hydrogens is 308 g/mol. The normalized spacial score (nSPS) is 20.2. The molecule has 5 heteroatoms. The standard InChI is InChI=1S/C14H19BrN2O2/c1-2-19-14(18)11-4-3-7-17(9-11)10-13-6-5-12(15)8-16-13/h5-6,8,11H,2-4,7,9-10H2,1H3. The maximum Gasteiger partial charge on any atom is 0.310 e. The summed E-state index contributed by atoms with van der Waals surface area (Å²) in [6.07, 6.45) is 3.78. The van der Waals surface area contributed by atoms with Gasteiger partial charge in [0.15, 0.2) is 0 Å². The van der Waals surface area contributed by atoms with Crippen LogP contribution in [0.2, 0.25) is 0 Å². The van der Waals surface area contributed by atoms with E-state index in [1.165, 1.54) is 0 Å². The molecule has 0 saturated carbocycles. The third-order valence-corrected chi connectivity index (χ3v) is 3.77. The molecule has 1 atom stereocenters. The molecule has 0 amide bonds. The molecule has 1 aliphatic heterocycles. The van der Waals surface area contributed by atoms with Gasteiger partial charge in [0, 0.05) is 23.8 Å². The largest absolute Gasteiger partial charge is 0.466 e. The number of carbonyl (C=O) groups is 1. The van der Waals surface area contributed by atoms with Gasteiger partial charge in [0.2, 0.25) is 0 Å². The van der Waals surface area contributed by atoms with Crippen molar-refractivity contribution in [3.05, 3.63) is 28.5 Å². The molecule has 19 heavy (non-hydrogen) atoms. The van der Waals surface area contributed by atoms with Crippen molar-refractivity contribution in [2.75, 3.05) is 19.7 Å². The lowest BCUT2D eigenvalue weighted by molar-refractivity contribution is -0.150. The zero-order chi connectivity index (χ0) is 13.7. The lowest BCUT2D eigenvalue weighted by Crippen LogP contribution is -2.39. The number of halogens is 1. The highest BCUT2D eigenvalue weighted by Gasteiger charge is 2.26. The van der Waals surface area contributed by atoms with E-state index in [2.05, 4.69) is 25.8 Å². The molecule has 0 aromatic carbocycles. The highest BCUT2D eigenvalue weighted by Crippen LogP contribution is 2.19. The van der Waals surface area contributed by atoms with Crippen LogP contribution in [0.15, 0.2) is 22.8 Å². The van der Waals surface area contributed by atoms with Crippen LogP contribution >= 0.6 is 15.9 Å². The first-order valence-electron chi connectivity index (χ1n) is 6.68. The van der Waals surface area contributed by atoms with Crippen LogP contribution in [0.3, 0.4) is 0 Å². The number of carbonyl (C=O) groups excluding carboxylic acids is 1. The van der Waals surface area contributed by atoms with E-state index >= 15 is 0 Å². The minimum absolute atomic E-state index is 0.0177. The van der Waals surface area contributed by atoms with Crippen molar-refractivity contribution in [2.24, 2.45) is 5.92 Å². The first-order chi connectivity index (χ1) is 9.19. The molecule has 4 nitrogen and oxygen atoms in total. The van der Waals surface area contributed by atoms with Gasteiger partial charge in [0.25, 0.3) is 0 Å². The Labute approximate surface area is 122 Å². The van der Waals surface area contributed by atoms with Crippen molar-refractivity contribution in [3.63, 3.8) is 0 Å². The molecule has 0 bridgehead atoms. The summed E-state index contributed by atoms with van der Waals surface area (Å²) in [6.45, 7) is 4.90. The van der Waals surface area contributed by atoms with E-state index < -0.39 is 0 Å². The Morgan fingerprint density at radius 3 is 3.11 bits per heavy atom. The van der Waals surface area contributed by atoms with Crippen LogP contribution in [-0.4, -0.2) is 35.5 Å². The number of aromatic nitrogens is 1. The highest BCUT2D eigenvalue weighted by molar-refractivity contribution is 9.10. The molecule has 1 aromatic heterocycles. The average Bonchev–Trinajstić information content (AvgIpc) is 2.42. The van der Waals surface area contributed by atoms with E-state index in [-0.39, 0.29) is 11.9 Å². The van der Waals surface area contributed by atoms with Gasteiger partial charge in [-0.25, -0.2) is 0 Å². The first kappa shape index (κ1) is 14.5. The fraction of sp³-hybridized carbons (Fsp3) is 0.571. The van der Waals surface area contributed by atoms with E-state index in [9.17, 15) is 4.79 Å². The number of nitrogens with zero attached hydrogens (tertiary/aromatic N) is 2. The summed E-state index contributed by atoms with van der Waals surface area (Å²) >= 11 is 3.38. The molecule has 1 aromatic rings. The van der Waals surface area contributed by atoms with Crippen molar-refractivity contribution < 1.29 is 9.53 Å². The molecule has 1 fully saturated rings. The zero-order valence-electron chi connectivity index (χ0n) is 11.1. The van der Waals surface area contributed by atoms with E-state index in [0.717, 1.165) is 42.6 Å². The Hall–Kier alpha value is -0.940. The Morgan fingerprint density at radius 2 is 2.42 bits per heavy atom. The Balaban J connectivity index is 1.90. The summed E-state index contributed by atoms with van der Waals surface area (Å²) in [4.78, 5) is 18.4. The molecule has 1 saturated heterocycles. The van der Waals surface area contributed by atoms with Gasteiger partial charge in [-0.05, 0) is 54.4 Å². The number of ether oxygens (including phenoxy) is 1. The maximum absolute atomic E-state index is 11.8. The maximum atomic E-state index is 11.8. The Morgan fingerprint density at radius 1 is 1.58 bits per heavy atom. The lowest BCUT2D eigenvalue weighted by Gasteiger charge is -2.31. The number of rotatable bonds is 4. The average molecular weight is 327 g/mol. The number of hydrogen-bond acceptors (Lipinski definition) is 4. The van der Waals surface area contributed by atoms with Gasteiger partial charge in [0.1, 0.15) is 0 Å². The summed E-state index contributed by atoms with van der Waals surface area (Å²) in [5.74, 6) is -0.0416. The Kier molecular flexibility index (Phi) is 5.34. The quantitative estimate of drug-likeness (QED) is 0.798. The summed E-state index contributed by atoms with van der Waals surface area (Å²) < 4.78 is 6.09. The number of piperidine rings is 1. The number of likely N-dealkylation sites (tertiary alicyclic amines) is 1. The molecule has 2 rings (SSSR count). The highest BCUT2D eigenvalue weighted by atomic mass is 79.9. The minimum Gasteiger partial charge on any atom is -0.466 e. The lowest BCUT2D eigenvalue weighted by atomic mass is 9.98. The Bertz CT molecular complexity index is 422. The van der Waals surface area contributed by atoms with Gasteiger partial charge >= 0.3 is 5.97 Å². The van der Waals surface area contributed by atoms with Gasteiger partial charge in [-0.15, -0.1) is 0 Å². The molecule has 0 N–H and O–H groups in total. The van der Waals surface area contributed by atoms with Crippen molar-refractivity contribution in [1.29, 1.82) is 0 Å². The SMILES string of the molecule is CCOC(=O)C1CCCN(Cc2ccc(Br)cn2)C1. The molecular formula is C14H19BrN2O2. The van der Waals surface area contributed by atoms with Crippen LogP contribution in [0.4, 0.5) is 0 Å². The van der Waals surface area contributed by atoms with Gasteiger partial charge < -0.3 is 4.74 Å². The second-order valence-electron chi connectivity index (χ2n) is 4.79. The van der Waals surface area contributed by atoms with Crippen LogP contribution in [0.1, 0.15) is 25.5 Å². The molecule has 0 radical (unpaired) electrons. The fourth-order valence-electron chi connectivity index (χ4n) is 2.38. The van der Waals surface area contributed by atoms with Gasteiger partial charge in [0.05, 0.1) is 18.2 Å².